The van der Waals surface area contributed by atoms with Gasteiger partial charge in [0.1, 0.15) is 5.82 Å². The third kappa shape index (κ3) is 4.56. The first kappa shape index (κ1) is 21.7. The van der Waals surface area contributed by atoms with Crippen molar-refractivity contribution in [3.63, 3.8) is 0 Å². The van der Waals surface area contributed by atoms with Crippen LogP contribution in [0.1, 0.15) is 15.4 Å². The minimum absolute atomic E-state index is 0.242. The van der Waals surface area contributed by atoms with E-state index in [1.165, 1.54) is 28.8 Å². The van der Waals surface area contributed by atoms with Crippen molar-refractivity contribution in [1.29, 1.82) is 0 Å². The van der Waals surface area contributed by atoms with Crippen LogP contribution in [0.15, 0.2) is 59.4 Å². The van der Waals surface area contributed by atoms with E-state index in [0.29, 0.717) is 33.3 Å². The summed E-state index contributed by atoms with van der Waals surface area (Å²) >= 11 is 1.32. The maximum absolute atomic E-state index is 12.8. The summed E-state index contributed by atoms with van der Waals surface area (Å²) < 4.78 is 25.6. The number of anilines is 2. The van der Waals surface area contributed by atoms with E-state index >= 15 is 0 Å². The van der Waals surface area contributed by atoms with Gasteiger partial charge in [-0.3, -0.25) is 13.9 Å². The minimum Gasteiger partial charge on any atom is -0.321 e. The highest BCUT2D eigenvalue weighted by molar-refractivity contribution is 7.92. The Morgan fingerprint density at radius 2 is 1.91 bits per heavy atom. The van der Waals surface area contributed by atoms with Gasteiger partial charge in [-0.2, -0.15) is 0 Å². The average Bonchev–Trinajstić information content (AvgIpc) is 3.15. The molecule has 2 aromatic heterocycles. The Balaban J connectivity index is 1.59. The molecule has 0 saturated heterocycles. The Hall–Kier alpha value is -3.50. The van der Waals surface area contributed by atoms with E-state index in [2.05, 4.69) is 15.3 Å². The summed E-state index contributed by atoms with van der Waals surface area (Å²) in [6.45, 7) is 1.74. The summed E-state index contributed by atoms with van der Waals surface area (Å²) in [5.41, 5.74) is 2.12. The molecule has 0 aliphatic heterocycles. The molecule has 10 heteroatoms. The van der Waals surface area contributed by atoms with Crippen LogP contribution in [0, 0.1) is 6.92 Å². The molecule has 2 N–H and O–H groups in total. The number of sulfonamides is 1. The second-order valence-corrected chi connectivity index (χ2v) is 10.4. The van der Waals surface area contributed by atoms with E-state index in [1.807, 2.05) is 0 Å². The fourth-order valence-corrected chi connectivity index (χ4v) is 4.62. The number of aromatic nitrogens is 2. The van der Waals surface area contributed by atoms with Crippen molar-refractivity contribution in [2.24, 2.45) is 0 Å². The van der Waals surface area contributed by atoms with Gasteiger partial charge in [-0.1, -0.05) is 12.1 Å². The molecule has 0 atom stereocenters. The number of carbonyl (C=O) groups is 1. The molecule has 0 radical (unpaired) electrons. The van der Waals surface area contributed by atoms with Crippen molar-refractivity contribution >= 4 is 48.7 Å². The number of carbonyl (C=O) groups excluding carboxylic acids is 1. The summed E-state index contributed by atoms with van der Waals surface area (Å²) in [6.07, 6.45) is 1.14. The molecule has 0 aliphatic rings. The number of nitrogens with zero attached hydrogens (tertiary/aromatic N) is 2. The quantitative estimate of drug-likeness (QED) is 0.465. The molecular weight excluding hydrogens is 448 g/mol. The molecule has 32 heavy (non-hydrogen) atoms. The number of amides is 1. The Bertz CT molecular complexity index is 1510. The van der Waals surface area contributed by atoms with E-state index in [9.17, 15) is 18.0 Å². The number of H-pyrrole nitrogens is 1. The number of fused-ring (bicyclic) bond motifs is 1. The van der Waals surface area contributed by atoms with Gasteiger partial charge in [-0.15, -0.1) is 11.3 Å². The molecule has 1 amide bonds. The van der Waals surface area contributed by atoms with Crippen LogP contribution in [0.3, 0.4) is 0 Å². The lowest BCUT2D eigenvalue weighted by Gasteiger charge is -2.16. The molecular formula is C22H20N4O4S2. The molecule has 2 heterocycles. The van der Waals surface area contributed by atoms with E-state index in [0.717, 1.165) is 16.3 Å². The van der Waals surface area contributed by atoms with Crippen LogP contribution in [-0.2, 0) is 10.0 Å². The number of thiophene rings is 1. The van der Waals surface area contributed by atoms with E-state index in [-0.39, 0.29) is 11.5 Å². The number of hydrogen-bond donors (Lipinski definition) is 2. The Morgan fingerprint density at radius 3 is 2.62 bits per heavy atom. The molecule has 2 aromatic carbocycles. The van der Waals surface area contributed by atoms with E-state index < -0.39 is 10.0 Å². The lowest BCUT2D eigenvalue weighted by molar-refractivity contribution is 0.103. The van der Waals surface area contributed by atoms with Gasteiger partial charge in [0.2, 0.25) is 10.0 Å². The Kier molecular flexibility index (Phi) is 5.57. The zero-order valence-electron chi connectivity index (χ0n) is 17.5. The number of aromatic amines is 1. The molecule has 4 rings (SSSR count). The second-order valence-electron chi connectivity index (χ2n) is 7.33. The van der Waals surface area contributed by atoms with Crippen molar-refractivity contribution in [2.75, 3.05) is 22.9 Å². The molecule has 0 spiro atoms. The highest BCUT2D eigenvalue weighted by Crippen LogP contribution is 2.30. The Morgan fingerprint density at radius 1 is 1.12 bits per heavy atom. The van der Waals surface area contributed by atoms with E-state index in [4.69, 9.17) is 0 Å². The molecule has 0 bridgehead atoms. The molecule has 8 nitrogen and oxygen atoms in total. The number of aryl methyl sites for hydroxylation is 1. The standard InChI is InChI=1S/C22H20N4O4S2/c1-13-9-20(27)25-21(23-13)14-5-4-6-16(10-14)24-22(28)19-12-15-11-17(7-8-18(15)31-19)26(2)32(3,29)30/h4-12H,1-3H3,(H,24,28)(H,23,25,27). The fourth-order valence-electron chi connectivity index (χ4n) is 3.18. The molecule has 4 aromatic rings. The Labute approximate surface area is 188 Å². The lowest BCUT2D eigenvalue weighted by Crippen LogP contribution is -2.24. The number of rotatable bonds is 5. The van der Waals surface area contributed by atoms with Crippen LogP contribution >= 0.6 is 11.3 Å². The molecule has 0 unspecified atom stereocenters. The predicted octanol–water partition coefficient (Wildman–Crippen LogP) is 3.61. The van der Waals surface area contributed by atoms with Crippen LogP contribution in [-0.4, -0.2) is 37.6 Å². The van der Waals surface area contributed by atoms with Crippen molar-refractivity contribution in [3.8, 4) is 11.4 Å². The van der Waals surface area contributed by atoms with Crippen LogP contribution in [0.4, 0.5) is 11.4 Å². The number of benzene rings is 2. The third-order valence-corrected chi connectivity index (χ3v) is 7.17. The summed E-state index contributed by atoms with van der Waals surface area (Å²) in [4.78, 5) is 32.1. The number of nitrogens with one attached hydrogen (secondary N) is 2. The van der Waals surface area contributed by atoms with Gasteiger partial charge < -0.3 is 10.3 Å². The first-order valence-corrected chi connectivity index (χ1v) is 12.2. The number of hydrogen-bond acceptors (Lipinski definition) is 6. The van der Waals surface area contributed by atoms with Gasteiger partial charge >= 0.3 is 0 Å². The van der Waals surface area contributed by atoms with Crippen molar-refractivity contribution in [2.45, 2.75) is 6.92 Å². The monoisotopic (exact) mass is 468 g/mol. The summed E-state index contributed by atoms with van der Waals surface area (Å²) in [5.74, 6) is 0.141. The largest absolute Gasteiger partial charge is 0.321 e. The molecule has 0 fully saturated rings. The second kappa shape index (κ2) is 8.21. The van der Waals surface area contributed by atoms with Crippen molar-refractivity contribution < 1.29 is 13.2 Å². The summed E-state index contributed by atoms with van der Waals surface area (Å²) in [6, 6.07) is 15.5. The van der Waals surface area contributed by atoms with Crippen LogP contribution in [0.25, 0.3) is 21.5 Å². The maximum atomic E-state index is 12.8. The zero-order chi connectivity index (χ0) is 23.0. The zero-order valence-corrected chi connectivity index (χ0v) is 19.2. The normalized spacial score (nSPS) is 11.5. The third-order valence-electron chi connectivity index (χ3n) is 4.85. The fraction of sp³-hybridized carbons (Fsp3) is 0.136. The highest BCUT2D eigenvalue weighted by atomic mass is 32.2. The predicted molar refractivity (Wildman–Crippen MR) is 128 cm³/mol. The van der Waals surface area contributed by atoms with Gasteiger partial charge in [0.25, 0.3) is 11.5 Å². The van der Waals surface area contributed by atoms with Gasteiger partial charge in [-0.05, 0) is 48.7 Å². The molecule has 0 aliphatic carbocycles. The van der Waals surface area contributed by atoms with Gasteiger partial charge in [-0.25, -0.2) is 13.4 Å². The van der Waals surface area contributed by atoms with Gasteiger partial charge in [0.15, 0.2) is 0 Å². The topological polar surface area (TPSA) is 112 Å². The van der Waals surface area contributed by atoms with Gasteiger partial charge in [0, 0.05) is 34.8 Å². The SMILES string of the molecule is Cc1cc(=O)[nH]c(-c2cccc(NC(=O)c3cc4cc(N(C)S(C)(=O)=O)ccc4s3)c2)n1. The van der Waals surface area contributed by atoms with Crippen LogP contribution in [0.5, 0.6) is 0 Å². The van der Waals surface area contributed by atoms with Crippen molar-refractivity contribution in [3.05, 3.63) is 75.5 Å². The molecule has 164 valence electrons. The summed E-state index contributed by atoms with van der Waals surface area (Å²) in [7, 11) is -1.89. The minimum atomic E-state index is -3.38. The smallest absolute Gasteiger partial charge is 0.265 e. The molecule has 0 saturated carbocycles. The average molecular weight is 469 g/mol. The maximum Gasteiger partial charge on any atom is 0.265 e. The summed E-state index contributed by atoms with van der Waals surface area (Å²) in [5, 5.41) is 3.65. The lowest BCUT2D eigenvalue weighted by atomic mass is 10.2. The van der Waals surface area contributed by atoms with Crippen LogP contribution < -0.4 is 15.2 Å². The van der Waals surface area contributed by atoms with Gasteiger partial charge in [0.05, 0.1) is 16.8 Å². The van der Waals surface area contributed by atoms with Crippen LogP contribution in [0.2, 0.25) is 0 Å². The first-order valence-electron chi connectivity index (χ1n) is 9.57. The first-order chi connectivity index (χ1) is 15.1. The van der Waals surface area contributed by atoms with E-state index in [1.54, 1.807) is 55.5 Å². The highest BCUT2D eigenvalue weighted by Gasteiger charge is 2.15. The van der Waals surface area contributed by atoms with Crippen molar-refractivity contribution in [1.82, 2.24) is 9.97 Å².